The molecule has 1 N–H and O–H groups in total. The van der Waals surface area contributed by atoms with Crippen molar-refractivity contribution in [2.45, 2.75) is 25.3 Å². The molecule has 3 rings (SSSR count). The smallest absolute Gasteiger partial charge is 0.256 e. The Balaban J connectivity index is 1.75. The highest BCUT2D eigenvalue weighted by molar-refractivity contribution is 9.10. The number of carbonyl (C=O) groups excluding carboxylic acids is 1. The lowest BCUT2D eigenvalue weighted by Gasteiger charge is -2.18. The Kier molecular flexibility index (Phi) is 7.06. The molecule has 0 aliphatic carbocycles. The molecule has 0 aliphatic heterocycles. The maximum Gasteiger partial charge on any atom is 0.256 e. The molecule has 0 radical (unpaired) electrons. The normalized spacial score (nSPS) is 11.6. The van der Waals surface area contributed by atoms with Crippen LogP contribution in [0.25, 0.3) is 0 Å². The molecule has 1 amide bonds. The van der Waals surface area contributed by atoms with Gasteiger partial charge in [0.15, 0.2) is 0 Å². The van der Waals surface area contributed by atoms with Gasteiger partial charge in [0.25, 0.3) is 5.91 Å². The molecule has 0 aliphatic rings. The van der Waals surface area contributed by atoms with E-state index in [1.165, 1.54) is 28.6 Å². The van der Waals surface area contributed by atoms with Crippen LogP contribution in [-0.4, -0.2) is 41.5 Å². The van der Waals surface area contributed by atoms with E-state index in [0.29, 0.717) is 31.0 Å². The zero-order valence-electron chi connectivity index (χ0n) is 16.7. The van der Waals surface area contributed by atoms with Crippen molar-refractivity contribution >= 4 is 37.7 Å². The first-order valence-corrected chi connectivity index (χ1v) is 11.8. The van der Waals surface area contributed by atoms with Crippen LogP contribution in [0.5, 0.6) is 0 Å². The van der Waals surface area contributed by atoms with Gasteiger partial charge >= 0.3 is 0 Å². The summed E-state index contributed by atoms with van der Waals surface area (Å²) >= 11 is 3.52. The molecular weight excluding hydrogens is 468 g/mol. The second kappa shape index (κ2) is 9.55. The van der Waals surface area contributed by atoms with Crippen molar-refractivity contribution in [2.24, 2.45) is 0 Å². The summed E-state index contributed by atoms with van der Waals surface area (Å²) in [4.78, 5) is 12.8. The number of halogens is 1. The number of sulfonamides is 1. The van der Waals surface area contributed by atoms with E-state index in [4.69, 9.17) is 0 Å². The molecule has 0 fully saturated rings. The lowest BCUT2D eigenvalue weighted by molar-refractivity contribution is 0.102. The van der Waals surface area contributed by atoms with Crippen LogP contribution in [0, 0.1) is 0 Å². The van der Waals surface area contributed by atoms with Gasteiger partial charge in [-0.1, -0.05) is 48.0 Å². The number of hydrogen-bond acceptors (Lipinski definition) is 4. The summed E-state index contributed by atoms with van der Waals surface area (Å²) in [5.41, 5.74) is 1.39. The summed E-state index contributed by atoms with van der Waals surface area (Å²) < 4.78 is 29.2. The van der Waals surface area contributed by atoms with Crippen LogP contribution < -0.4 is 5.32 Å². The zero-order valence-corrected chi connectivity index (χ0v) is 19.1. The molecule has 0 saturated carbocycles. The molecule has 158 valence electrons. The minimum absolute atomic E-state index is 0.168. The molecule has 1 heterocycles. The van der Waals surface area contributed by atoms with Crippen molar-refractivity contribution in [1.29, 1.82) is 0 Å². The van der Waals surface area contributed by atoms with Crippen molar-refractivity contribution in [2.75, 3.05) is 18.4 Å². The lowest BCUT2D eigenvalue weighted by atomic mass is 10.2. The van der Waals surface area contributed by atoms with E-state index in [1.54, 1.807) is 30.8 Å². The fourth-order valence-electron chi connectivity index (χ4n) is 3.03. The second-order valence-corrected chi connectivity index (χ2v) is 9.33. The van der Waals surface area contributed by atoms with Gasteiger partial charge < -0.3 is 5.32 Å². The summed E-state index contributed by atoms with van der Waals surface area (Å²) in [6.07, 6.45) is 1.62. The van der Waals surface area contributed by atoms with E-state index < -0.39 is 10.0 Å². The Hall–Kier alpha value is -2.49. The van der Waals surface area contributed by atoms with E-state index in [2.05, 4.69) is 26.3 Å². The van der Waals surface area contributed by atoms with Crippen LogP contribution in [0.15, 0.2) is 70.2 Å². The number of amides is 1. The van der Waals surface area contributed by atoms with Gasteiger partial charge in [0, 0.05) is 29.2 Å². The first-order chi connectivity index (χ1) is 14.4. The maximum atomic E-state index is 12.7. The second-order valence-electron chi connectivity index (χ2n) is 6.53. The number of anilines is 1. The average Bonchev–Trinajstić information content (AvgIpc) is 3.17. The molecule has 0 atom stereocenters. The highest BCUT2D eigenvalue weighted by atomic mass is 79.9. The van der Waals surface area contributed by atoms with Crippen molar-refractivity contribution in [3.63, 3.8) is 0 Å². The van der Waals surface area contributed by atoms with Crippen LogP contribution in [0.3, 0.4) is 0 Å². The predicted octanol–water partition coefficient (Wildman–Crippen LogP) is 3.98. The van der Waals surface area contributed by atoms with Gasteiger partial charge in [-0.05, 0) is 35.9 Å². The number of rotatable bonds is 8. The van der Waals surface area contributed by atoms with Gasteiger partial charge in [-0.2, -0.15) is 9.40 Å². The predicted molar refractivity (Wildman–Crippen MR) is 120 cm³/mol. The van der Waals surface area contributed by atoms with E-state index in [9.17, 15) is 13.2 Å². The molecule has 0 saturated heterocycles. The Morgan fingerprint density at radius 3 is 2.37 bits per heavy atom. The lowest BCUT2D eigenvalue weighted by Crippen LogP contribution is -2.30. The molecular formula is C21H23BrN4O3S. The Morgan fingerprint density at radius 1 is 1.07 bits per heavy atom. The van der Waals surface area contributed by atoms with Gasteiger partial charge in [0.05, 0.1) is 17.6 Å². The van der Waals surface area contributed by atoms with Gasteiger partial charge in [-0.15, -0.1) is 0 Å². The monoisotopic (exact) mass is 490 g/mol. The number of aromatic nitrogens is 2. The van der Waals surface area contributed by atoms with Crippen molar-refractivity contribution in [3.8, 4) is 0 Å². The minimum atomic E-state index is -3.56. The molecule has 1 aromatic heterocycles. The maximum absolute atomic E-state index is 12.7. The largest absolute Gasteiger partial charge is 0.307 e. The van der Waals surface area contributed by atoms with Gasteiger partial charge in [0.1, 0.15) is 5.82 Å². The van der Waals surface area contributed by atoms with Crippen molar-refractivity contribution in [1.82, 2.24) is 14.1 Å². The Morgan fingerprint density at radius 2 is 1.73 bits per heavy atom. The highest BCUT2D eigenvalue weighted by Gasteiger charge is 2.21. The van der Waals surface area contributed by atoms with E-state index in [1.807, 2.05) is 24.3 Å². The first kappa shape index (κ1) is 22.2. The molecule has 0 bridgehead atoms. The standard InChI is InChI=1S/C21H23BrN4O3S/c1-3-25(4-2)30(28,29)18-11-9-16(10-12-18)21(27)24-20-13-14-23-26(20)15-17-7-5-6-8-19(17)22/h5-14H,3-4,15H2,1-2H3,(H,24,27). The zero-order chi connectivity index (χ0) is 21.7. The summed E-state index contributed by atoms with van der Waals surface area (Å²) in [5.74, 6) is 0.214. The van der Waals surface area contributed by atoms with Crippen LogP contribution in [0.1, 0.15) is 29.8 Å². The molecule has 0 spiro atoms. The van der Waals surface area contributed by atoms with Gasteiger partial charge in [-0.25, -0.2) is 13.1 Å². The number of benzene rings is 2. The summed E-state index contributed by atoms with van der Waals surface area (Å²) in [6, 6.07) is 15.5. The van der Waals surface area contributed by atoms with Crippen LogP contribution in [-0.2, 0) is 16.6 Å². The fraction of sp³-hybridized carbons (Fsp3) is 0.238. The quantitative estimate of drug-likeness (QED) is 0.517. The number of nitrogens with zero attached hydrogens (tertiary/aromatic N) is 3. The van der Waals surface area contributed by atoms with Crippen LogP contribution in [0.2, 0.25) is 0 Å². The third-order valence-corrected chi connectivity index (χ3v) is 7.53. The molecule has 0 unspecified atom stereocenters. The molecule has 7 nitrogen and oxygen atoms in total. The molecule has 9 heteroatoms. The topological polar surface area (TPSA) is 84.3 Å². The van der Waals surface area contributed by atoms with E-state index in [0.717, 1.165) is 10.0 Å². The third kappa shape index (κ3) is 4.80. The Bertz CT molecular complexity index is 1120. The third-order valence-electron chi connectivity index (χ3n) is 4.70. The van der Waals surface area contributed by atoms with E-state index >= 15 is 0 Å². The first-order valence-electron chi connectivity index (χ1n) is 9.53. The van der Waals surface area contributed by atoms with E-state index in [-0.39, 0.29) is 10.8 Å². The van der Waals surface area contributed by atoms with Crippen molar-refractivity contribution < 1.29 is 13.2 Å². The molecule has 30 heavy (non-hydrogen) atoms. The Labute approximate surface area is 184 Å². The van der Waals surface area contributed by atoms with Gasteiger partial charge in [-0.3, -0.25) is 4.79 Å². The highest BCUT2D eigenvalue weighted by Crippen LogP contribution is 2.20. The molecule has 2 aromatic carbocycles. The number of carbonyl (C=O) groups is 1. The fourth-order valence-corrected chi connectivity index (χ4v) is 4.90. The summed E-state index contributed by atoms with van der Waals surface area (Å²) in [6.45, 7) is 4.86. The van der Waals surface area contributed by atoms with Crippen molar-refractivity contribution in [3.05, 3.63) is 76.4 Å². The van der Waals surface area contributed by atoms with Crippen LogP contribution in [0.4, 0.5) is 5.82 Å². The summed E-state index contributed by atoms with van der Waals surface area (Å²) in [7, 11) is -3.56. The summed E-state index contributed by atoms with van der Waals surface area (Å²) in [5, 5.41) is 7.12. The number of hydrogen-bond donors (Lipinski definition) is 1. The number of nitrogens with one attached hydrogen (secondary N) is 1. The van der Waals surface area contributed by atoms with Gasteiger partial charge in [0.2, 0.25) is 10.0 Å². The minimum Gasteiger partial charge on any atom is -0.307 e. The average molecular weight is 491 g/mol. The van der Waals surface area contributed by atoms with Crippen LogP contribution >= 0.6 is 15.9 Å². The molecule has 3 aromatic rings. The SMILES string of the molecule is CCN(CC)S(=O)(=O)c1ccc(C(=O)Nc2ccnn2Cc2ccccc2Br)cc1.